The molecule has 1 N–H and O–H groups in total. The monoisotopic (exact) mass is 382 g/mol. The summed E-state index contributed by atoms with van der Waals surface area (Å²) < 4.78 is 5.52. The van der Waals surface area contributed by atoms with Crippen molar-refractivity contribution in [1.82, 2.24) is 19.8 Å². The predicted octanol–water partition coefficient (Wildman–Crippen LogP) is 0.777. The summed E-state index contributed by atoms with van der Waals surface area (Å²) in [5.74, 6) is 0.0449. The first-order valence-electron chi connectivity index (χ1n) is 9.72. The van der Waals surface area contributed by atoms with Crippen LogP contribution in [0.15, 0.2) is 29.3 Å². The first kappa shape index (κ1) is 17.4. The third-order valence-corrected chi connectivity index (χ3v) is 6.18. The molecule has 3 aliphatic rings. The lowest BCUT2D eigenvalue weighted by Crippen LogP contribution is -2.59. The number of carbonyl (C=O) groups is 2. The Kier molecular flexibility index (Phi) is 3.97. The van der Waals surface area contributed by atoms with E-state index in [1.807, 2.05) is 9.80 Å². The minimum absolute atomic E-state index is 0.0101. The normalized spacial score (nSPS) is 23.4. The van der Waals surface area contributed by atoms with E-state index in [2.05, 4.69) is 9.97 Å². The zero-order valence-corrected chi connectivity index (χ0v) is 15.5. The molecule has 3 fully saturated rings. The van der Waals surface area contributed by atoms with E-state index in [1.165, 1.54) is 6.33 Å². The summed E-state index contributed by atoms with van der Waals surface area (Å²) in [6.45, 7) is 3.42. The summed E-state index contributed by atoms with van der Waals surface area (Å²) in [6, 6.07) is 4.98. The Bertz CT molecular complexity index is 1000. The van der Waals surface area contributed by atoms with E-state index in [-0.39, 0.29) is 28.9 Å². The van der Waals surface area contributed by atoms with Gasteiger partial charge in [0.05, 0.1) is 17.2 Å². The van der Waals surface area contributed by atoms with Gasteiger partial charge in [-0.2, -0.15) is 0 Å². The number of H-pyrrole nitrogens is 1. The van der Waals surface area contributed by atoms with Crippen molar-refractivity contribution < 1.29 is 14.3 Å². The molecule has 2 aromatic rings. The van der Waals surface area contributed by atoms with Crippen LogP contribution >= 0.6 is 0 Å². The van der Waals surface area contributed by atoms with Crippen LogP contribution in [0.1, 0.15) is 29.6 Å². The van der Waals surface area contributed by atoms with E-state index in [9.17, 15) is 14.4 Å². The van der Waals surface area contributed by atoms with E-state index in [4.69, 9.17) is 4.74 Å². The number of aromatic nitrogens is 2. The van der Waals surface area contributed by atoms with Gasteiger partial charge in [0.15, 0.2) is 0 Å². The first-order chi connectivity index (χ1) is 13.5. The molecule has 1 unspecified atom stereocenters. The number of carbonyl (C=O) groups excluding carboxylic acids is 2. The number of fused-ring (bicyclic) bond motifs is 1. The summed E-state index contributed by atoms with van der Waals surface area (Å²) in [5.41, 5.74) is 0.842. The van der Waals surface area contributed by atoms with Crippen LogP contribution in [0.5, 0.6) is 0 Å². The van der Waals surface area contributed by atoms with Crippen LogP contribution in [0.3, 0.4) is 0 Å². The van der Waals surface area contributed by atoms with Crippen LogP contribution in [0, 0.1) is 5.41 Å². The van der Waals surface area contributed by atoms with Crippen molar-refractivity contribution in [3.8, 4) is 0 Å². The van der Waals surface area contributed by atoms with Crippen LogP contribution in [0.2, 0.25) is 0 Å². The molecule has 3 saturated heterocycles. The number of rotatable bonds is 2. The van der Waals surface area contributed by atoms with Crippen LogP contribution < -0.4 is 5.56 Å². The predicted molar refractivity (Wildman–Crippen MR) is 101 cm³/mol. The topological polar surface area (TPSA) is 95.6 Å². The molecule has 0 saturated carbocycles. The quantitative estimate of drug-likeness (QED) is 0.828. The zero-order valence-electron chi connectivity index (χ0n) is 15.5. The summed E-state index contributed by atoms with van der Waals surface area (Å²) >= 11 is 0. The fraction of sp³-hybridized carbons (Fsp3) is 0.500. The second-order valence-electron chi connectivity index (χ2n) is 8.14. The summed E-state index contributed by atoms with van der Waals surface area (Å²) in [4.78, 5) is 47.6. The lowest BCUT2D eigenvalue weighted by atomic mass is 9.78. The highest BCUT2D eigenvalue weighted by Gasteiger charge is 2.51. The number of hydrogen-bond acceptors (Lipinski definition) is 5. The second-order valence-corrected chi connectivity index (χ2v) is 8.14. The molecular weight excluding hydrogens is 360 g/mol. The number of amides is 2. The third-order valence-electron chi connectivity index (χ3n) is 6.18. The van der Waals surface area contributed by atoms with Gasteiger partial charge in [0, 0.05) is 43.8 Å². The summed E-state index contributed by atoms with van der Waals surface area (Å²) in [5, 5.41) is 0.471. The van der Waals surface area contributed by atoms with Crippen LogP contribution in [0.4, 0.5) is 0 Å². The number of likely N-dealkylation sites (tertiary alicyclic amines) is 2. The Morgan fingerprint density at radius 2 is 2.04 bits per heavy atom. The molecule has 1 aromatic carbocycles. The smallest absolute Gasteiger partial charge is 0.258 e. The van der Waals surface area contributed by atoms with Gasteiger partial charge in [-0.15, -0.1) is 0 Å². The van der Waals surface area contributed by atoms with Crippen molar-refractivity contribution in [1.29, 1.82) is 0 Å². The highest BCUT2D eigenvalue weighted by atomic mass is 16.5. The standard InChI is InChI=1S/C20H22N4O4/c25-17-14-4-3-13(8-15(14)21-12-22-17)18(26)24-10-20(11-24)5-6-23(9-20)19(27)16-2-1-7-28-16/h3-4,8,12,16H,1-2,5-7,9-11H2,(H,21,22,25). The fourth-order valence-corrected chi connectivity index (χ4v) is 4.65. The highest BCUT2D eigenvalue weighted by Crippen LogP contribution is 2.40. The molecule has 146 valence electrons. The molecule has 1 spiro atoms. The minimum atomic E-state index is -0.277. The maximum atomic E-state index is 12.8. The number of ether oxygens (including phenoxy) is 1. The fourth-order valence-electron chi connectivity index (χ4n) is 4.65. The number of hydrogen-bond donors (Lipinski definition) is 1. The summed E-state index contributed by atoms with van der Waals surface area (Å²) in [6.07, 6.45) is 3.75. The molecule has 5 rings (SSSR count). The van der Waals surface area contributed by atoms with E-state index in [0.29, 0.717) is 42.7 Å². The first-order valence-corrected chi connectivity index (χ1v) is 9.72. The Morgan fingerprint density at radius 3 is 2.82 bits per heavy atom. The molecular formula is C20H22N4O4. The van der Waals surface area contributed by atoms with Gasteiger partial charge in [-0.05, 0) is 37.5 Å². The lowest BCUT2D eigenvalue weighted by Gasteiger charge is -2.48. The minimum Gasteiger partial charge on any atom is -0.368 e. The zero-order chi connectivity index (χ0) is 19.3. The van der Waals surface area contributed by atoms with Crippen LogP contribution in [-0.2, 0) is 9.53 Å². The Hall–Kier alpha value is -2.74. The second kappa shape index (κ2) is 6.41. The molecule has 3 aliphatic heterocycles. The summed E-state index contributed by atoms with van der Waals surface area (Å²) in [7, 11) is 0. The van der Waals surface area contributed by atoms with Gasteiger partial charge < -0.3 is 19.5 Å². The van der Waals surface area contributed by atoms with Crippen molar-refractivity contribution in [2.24, 2.45) is 5.41 Å². The van der Waals surface area contributed by atoms with E-state index in [1.54, 1.807) is 18.2 Å². The average molecular weight is 382 g/mol. The van der Waals surface area contributed by atoms with Gasteiger partial charge in [0.25, 0.3) is 17.4 Å². The molecule has 0 radical (unpaired) electrons. The molecule has 2 amide bonds. The highest BCUT2D eigenvalue weighted by molar-refractivity contribution is 5.98. The van der Waals surface area contributed by atoms with E-state index < -0.39 is 0 Å². The van der Waals surface area contributed by atoms with Crippen LogP contribution in [0.25, 0.3) is 10.9 Å². The van der Waals surface area contributed by atoms with Gasteiger partial charge >= 0.3 is 0 Å². The lowest BCUT2D eigenvalue weighted by molar-refractivity contribution is -0.140. The Labute approximate surface area is 161 Å². The SMILES string of the molecule is O=C(c1ccc2c(=O)[nH]cnc2c1)N1CC2(CCN(C(=O)C3CCCO3)C2)C1. The van der Waals surface area contributed by atoms with Crippen molar-refractivity contribution in [3.63, 3.8) is 0 Å². The van der Waals surface area contributed by atoms with Crippen molar-refractivity contribution in [3.05, 3.63) is 40.4 Å². The average Bonchev–Trinajstić information content (AvgIpc) is 3.36. The van der Waals surface area contributed by atoms with Gasteiger partial charge in [-0.25, -0.2) is 4.98 Å². The largest absolute Gasteiger partial charge is 0.368 e. The number of benzene rings is 1. The van der Waals surface area contributed by atoms with Gasteiger partial charge in [-0.3, -0.25) is 14.4 Å². The Balaban J connectivity index is 1.25. The molecule has 0 bridgehead atoms. The van der Waals surface area contributed by atoms with E-state index in [0.717, 1.165) is 25.8 Å². The van der Waals surface area contributed by atoms with Gasteiger partial charge in [0.1, 0.15) is 6.10 Å². The van der Waals surface area contributed by atoms with Crippen molar-refractivity contribution in [2.75, 3.05) is 32.8 Å². The molecule has 4 heterocycles. The Morgan fingerprint density at radius 1 is 1.21 bits per heavy atom. The third kappa shape index (κ3) is 2.79. The molecule has 1 atom stereocenters. The van der Waals surface area contributed by atoms with Crippen LogP contribution in [-0.4, -0.2) is 70.5 Å². The van der Waals surface area contributed by atoms with Gasteiger partial charge in [-0.1, -0.05) is 0 Å². The number of nitrogens with zero attached hydrogens (tertiary/aromatic N) is 3. The van der Waals surface area contributed by atoms with Crippen molar-refractivity contribution >= 4 is 22.7 Å². The molecule has 8 heteroatoms. The molecule has 28 heavy (non-hydrogen) atoms. The molecule has 8 nitrogen and oxygen atoms in total. The van der Waals surface area contributed by atoms with E-state index >= 15 is 0 Å². The van der Waals surface area contributed by atoms with Gasteiger partial charge in [0.2, 0.25) is 0 Å². The maximum Gasteiger partial charge on any atom is 0.258 e. The number of nitrogens with one attached hydrogen (secondary N) is 1. The molecule has 1 aromatic heterocycles. The number of aromatic amines is 1. The maximum absolute atomic E-state index is 12.8. The molecule has 0 aliphatic carbocycles. The van der Waals surface area contributed by atoms with Crippen molar-refractivity contribution in [2.45, 2.75) is 25.4 Å².